The van der Waals surface area contributed by atoms with Gasteiger partial charge >= 0.3 is 0 Å². The van der Waals surface area contributed by atoms with Crippen molar-refractivity contribution in [3.63, 3.8) is 0 Å². The number of aromatic nitrogens is 2. The molecule has 0 bridgehead atoms. The van der Waals surface area contributed by atoms with Gasteiger partial charge in [0.15, 0.2) is 0 Å². The van der Waals surface area contributed by atoms with Gasteiger partial charge < -0.3 is 9.72 Å². The molecule has 1 aromatic heterocycles. The zero-order valence-electron chi connectivity index (χ0n) is 11.3. The van der Waals surface area contributed by atoms with E-state index in [0.717, 1.165) is 12.1 Å². The van der Waals surface area contributed by atoms with Gasteiger partial charge in [0.2, 0.25) is 0 Å². The monoisotopic (exact) mass is 238 g/mol. The fourth-order valence-corrected chi connectivity index (χ4v) is 1.89. The quantitative estimate of drug-likeness (QED) is 0.856. The smallest absolute Gasteiger partial charge is 0.272 e. The first-order valence-corrected chi connectivity index (χ1v) is 6.06. The van der Waals surface area contributed by atoms with Gasteiger partial charge in [0.05, 0.1) is 0 Å². The summed E-state index contributed by atoms with van der Waals surface area (Å²) in [6.45, 7) is 8.24. The van der Waals surface area contributed by atoms with E-state index < -0.39 is 0 Å². The van der Waals surface area contributed by atoms with Crippen molar-refractivity contribution in [1.29, 1.82) is 0 Å². The Labute approximate surface area is 102 Å². The molecule has 0 fully saturated rings. The van der Waals surface area contributed by atoms with Gasteiger partial charge in [0.1, 0.15) is 11.8 Å². The third kappa shape index (κ3) is 3.66. The van der Waals surface area contributed by atoms with Crippen LogP contribution in [0.25, 0.3) is 0 Å². The molecule has 0 saturated heterocycles. The van der Waals surface area contributed by atoms with Crippen LogP contribution in [-0.2, 0) is 11.2 Å². The molecule has 4 nitrogen and oxygen atoms in total. The van der Waals surface area contributed by atoms with Crippen molar-refractivity contribution in [3.8, 4) is 0 Å². The first-order chi connectivity index (χ1) is 7.95. The van der Waals surface area contributed by atoms with Gasteiger partial charge in [-0.1, -0.05) is 27.7 Å². The SMILES string of the molecule is COC(c1ncc(CC(C)C)[nH]c1=O)C(C)C. The molecule has 1 rings (SSSR count). The van der Waals surface area contributed by atoms with E-state index in [-0.39, 0.29) is 17.6 Å². The summed E-state index contributed by atoms with van der Waals surface area (Å²) in [5.74, 6) is 0.728. The first-order valence-electron chi connectivity index (χ1n) is 6.06. The van der Waals surface area contributed by atoms with Crippen molar-refractivity contribution in [2.75, 3.05) is 7.11 Å². The van der Waals surface area contributed by atoms with E-state index >= 15 is 0 Å². The highest BCUT2D eigenvalue weighted by Gasteiger charge is 2.20. The van der Waals surface area contributed by atoms with E-state index in [2.05, 4.69) is 23.8 Å². The van der Waals surface area contributed by atoms with Crippen LogP contribution in [0.2, 0.25) is 0 Å². The van der Waals surface area contributed by atoms with Crippen molar-refractivity contribution in [3.05, 3.63) is 27.9 Å². The van der Waals surface area contributed by atoms with Crippen molar-refractivity contribution in [2.24, 2.45) is 11.8 Å². The molecule has 1 N–H and O–H groups in total. The number of hydrogen-bond acceptors (Lipinski definition) is 3. The Morgan fingerprint density at radius 3 is 2.41 bits per heavy atom. The number of ether oxygens (including phenoxy) is 1. The molecule has 0 saturated carbocycles. The predicted molar refractivity (Wildman–Crippen MR) is 68.0 cm³/mol. The highest BCUT2D eigenvalue weighted by atomic mass is 16.5. The number of aromatic amines is 1. The molecule has 96 valence electrons. The number of hydrogen-bond donors (Lipinski definition) is 1. The molecule has 17 heavy (non-hydrogen) atoms. The number of H-pyrrole nitrogens is 1. The molecule has 0 aromatic carbocycles. The zero-order chi connectivity index (χ0) is 13.0. The molecular weight excluding hydrogens is 216 g/mol. The van der Waals surface area contributed by atoms with Gasteiger partial charge in [-0.15, -0.1) is 0 Å². The lowest BCUT2D eigenvalue weighted by atomic mass is 10.0. The lowest BCUT2D eigenvalue weighted by molar-refractivity contribution is 0.0599. The van der Waals surface area contributed by atoms with Gasteiger partial charge in [-0.3, -0.25) is 9.78 Å². The van der Waals surface area contributed by atoms with Gasteiger partial charge in [-0.25, -0.2) is 0 Å². The molecule has 4 heteroatoms. The van der Waals surface area contributed by atoms with Crippen LogP contribution >= 0.6 is 0 Å². The van der Waals surface area contributed by atoms with Crippen molar-refractivity contribution in [2.45, 2.75) is 40.2 Å². The Morgan fingerprint density at radius 1 is 1.35 bits per heavy atom. The highest BCUT2D eigenvalue weighted by Crippen LogP contribution is 2.20. The molecule has 1 heterocycles. The fourth-order valence-electron chi connectivity index (χ4n) is 1.89. The van der Waals surface area contributed by atoms with Gasteiger partial charge in [-0.2, -0.15) is 0 Å². The molecule has 0 aliphatic heterocycles. The Hall–Kier alpha value is -1.16. The molecule has 1 atom stereocenters. The van der Waals surface area contributed by atoms with Crippen LogP contribution in [0, 0.1) is 11.8 Å². The molecule has 0 amide bonds. The van der Waals surface area contributed by atoms with Crippen LogP contribution in [0.5, 0.6) is 0 Å². The van der Waals surface area contributed by atoms with Crippen LogP contribution in [0.1, 0.15) is 45.2 Å². The summed E-state index contributed by atoms with van der Waals surface area (Å²) in [5.41, 5.74) is 1.21. The molecule has 0 radical (unpaired) electrons. The maximum Gasteiger partial charge on any atom is 0.272 e. The third-order valence-electron chi connectivity index (χ3n) is 2.62. The largest absolute Gasteiger partial charge is 0.375 e. The maximum atomic E-state index is 11.9. The normalized spacial score (nSPS) is 13.4. The van der Waals surface area contributed by atoms with Crippen molar-refractivity contribution in [1.82, 2.24) is 9.97 Å². The predicted octanol–water partition coefficient (Wildman–Crippen LogP) is 2.31. The molecule has 0 aliphatic rings. The summed E-state index contributed by atoms with van der Waals surface area (Å²) in [5, 5.41) is 0. The van der Waals surface area contributed by atoms with E-state index in [1.807, 2.05) is 13.8 Å². The van der Waals surface area contributed by atoms with Gasteiger partial charge in [0.25, 0.3) is 5.56 Å². The zero-order valence-corrected chi connectivity index (χ0v) is 11.3. The molecular formula is C13H22N2O2. The topological polar surface area (TPSA) is 55.0 Å². The van der Waals surface area contributed by atoms with Crippen LogP contribution in [0.4, 0.5) is 0 Å². The van der Waals surface area contributed by atoms with E-state index in [1.165, 1.54) is 0 Å². The molecule has 0 spiro atoms. The minimum atomic E-state index is -0.244. The van der Waals surface area contributed by atoms with E-state index in [9.17, 15) is 4.79 Å². The molecule has 0 aliphatic carbocycles. The van der Waals surface area contributed by atoms with Crippen molar-refractivity contribution < 1.29 is 4.74 Å². The fraction of sp³-hybridized carbons (Fsp3) is 0.692. The number of nitrogens with zero attached hydrogens (tertiary/aromatic N) is 1. The number of nitrogens with one attached hydrogen (secondary N) is 1. The van der Waals surface area contributed by atoms with Crippen LogP contribution < -0.4 is 5.56 Å². The second-order valence-corrected chi connectivity index (χ2v) is 5.12. The van der Waals surface area contributed by atoms with E-state index in [1.54, 1.807) is 13.3 Å². The third-order valence-corrected chi connectivity index (χ3v) is 2.62. The molecule has 1 aromatic rings. The number of methoxy groups -OCH3 is 1. The highest BCUT2D eigenvalue weighted by molar-refractivity contribution is 5.07. The van der Waals surface area contributed by atoms with Gasteiger partial charge in [-0.05, 0) is 18.3 Å². The van der Waals surface area contributed by atoms with Crippen molar-refractivity contribution >= 4 is 0 Å². The summed E-state index contributed by atoms with van der Waals surface area (Å²) in [6, 6.07) is 0. The van der Waals surface area contributed by atoms with Crippen LogP contribution in [0.3, 0.4) is 0 Å². The average molecular weight is 238 g/mol. The van der Waals surface area contributed by atoms with E-state index in [4.69, 9.17) is 4.74 Å². The summed E-state index contributed by atoms with van der Waals surface area (Å²) >= 11 is 0. The summed E-state index contributed by atoms with van der Waals surface area (Å²) in [4.78, 5) is 19.1. The average Bonchev–Trinajstić information content (AvgIpc) is 2.20. The van der Waals surface area contributed by atoms with Gasteiger partial charge in [0, 0.05) is 19.0 Å². The summed E-state index contributed by atoms with van der Waals surface area (Å²) in [7, 11) is 1.60. The number of rotatable bonds is 5. The summed E-state index contributed by atoms with van der Waals surface area (Å²) < 4.78 is 5.32. The lowest BCUT2D eigenvalue weighted by Gasteiger charge is -2.17. The summed E-state index contributed by atoms with van der Waals surface area (Å²) in [6.07, 6.45) is 2.33. The second-order valence-electron chi connectivity index (χ2n) is 5.12. The second kappa shape index (κ2) is 5.96. The Kier molecular flexibility index (Phi) is 4.87. The Bertz CT molecular complexity index is 410. The minimum absolute atomic E-state index is 0.135. The maximum absolute atomic E-state index is 11.9. The lowest BCUT2D eigenvalue weighted by Crippen LogP contribution is -2.24. The van der Waals surface area contributed by atoms with Crippen LogP contribution in [-0.4, -0.2) is 17.1 Å². The first kappa shape index (κ1) is 13.9. The Balaban J connectivity index is 3.00. The molecule has 1 unspecified atom stereocenters. The van der Waals surface area contributed by atoms with E-state index in [0.29, 0.717) is 11.6 Å². The Morgan fingerprint density at radius 2 is 2.00 bits per heavy atom. The van der Waals surface area contributed by atoms with Crippen LogP contribution in [0.15, 0.2) is 11.0 Å². The minimum Gasteiger partial charge on any atom is -0.375 e. The standard InChI is InChI=1S/C13H22N2O2/c1-8(2)6-10-7-14-11(13(16)15-10)12(17-5)9(3)4/h7-9,12H,6H2,1-5H3,(H,15,16).